The van der Waals surface area contributed by atoms with Gasteiger partial charge in [0.05, 0.1) is 18.4 Å². The molecule has 5 nitrogen and oxygen atoms in total. The number of aliphatic hydroxyl groups is 1. The molecule has 136 valence electrons. The van der Waals surface area contributed by atoms with Crippen LogP contribution in [0.3, 0.4) is 0 Å². The Labute approximate surface area is 148 Å². The number of hydrazone groups is 1. The molecule has 3 aliphatic rings. The highest BCUT2D eigenvalue weighted by atomic mass is 16.5. The molecule has 0 amide bonds. The van der Waals surface area contributed by atoms with E-state index in [1.807, 2.05) is 13.0 Å². The number of fused-ring (bicyclic) bond motifs is 5. The molecule has 0 unspecified atom stereocenters. The third-order valence-corrected chi connectivity index (χ3v) is 7.11. The summed E-state index contributed by atoms with van der Waals surface area (Å²) in [6, 6.07) is 3.75. The molecule has 1 aromatic rings. The molecule has 0 spiro atoms. The van der Waals surface area contributed by atoms with E-state index in [0.717, 1.165) is 43.4 Å². The van der Waals surface area contributed by atoms with Crippen LogP contribution in [-0.2, 0) is 0 Å². The van der Waals surface area contributed by atoms with E-state index in [1.165, 1.54) is 5.56 Å². The Kier molecular flexibility index (Phi) is 3.95. The van der Waals surface area contributed by atoms with E-state index in [1.54, 1.807) is 6.07 Å². The van der Waals surface area contributed by atoms with Crippen molar-refractivity contribution in [2.24, 2.45) is 28.2 Å². The number of aromatic hydroxyl groups is 1. The predicted octanol–water partition coefficient (Wildman–Crippen LogP) is 3.13. The fourth-order valence-corrected chi connectivity index (χ4v) is 5.80. The zero-order chi connectivity index (χ0) is 17.8. The molecule has 4 N–H and O–H groups in total. The number of phenolic OH excluding ortho intramolecular Hbond substituents is 1. The first-order chi connectivity index (χ1) is 12.0. The maximum atomic E-state index is 10.5. The average Bonchev–Trinajstić information content (AvgIpc) is 2.90. The van der Waals surface area contributed by atoms with Gasteiger partial charge in [-0.15, -0.1) is 0 Å². The summed E-state index contributed by atoms with van der Waals surface area (Å²) in [7, 11) is 0. The number of phenols is 1. The van der Waals surface area contributed by atoms with E-state index in [0.29, 0.717) is 30.1 Å². The zero-order valence-electron chi connectivity index (χ0n) is 15.0. The molecular weight excluding hydrogens is 316 g/mol. The summed E-state index contributed by atoms with van der Waals surface area (Å²) < 4.78 is 5.61. The van der Waals surface area contributed by atoms with E-state index in [2.05, 4.69) is 12.0 Å². The van der Waals surface area contributed by atoms with Crippen molar-refractivity contribution >= 4 is 5.71 Å². The Balaban J connectivity index is 1.79. The van der Waals surface area contributed by atoms with Gasteiger partial charge in [0.15, 0.2) is 11.5 Å². The summed E-state index contributed by atoms with van der Waals surface area (Å²) in [5.74, 6) is 7.76. The number of benzene rings is 1. The number of nitrogens with zero attached hydrogens (tertiary/aromatic N) is 1. The van der Waals surface area contributed by atoms with Crippen LogP contribution in [0.25, 0.3) is 0 Å². The molecule has 2 saturated carbocycles. The number of aliphatic hydroxyl groups excluding tert-OH is 1. The van der Waals surface area contributed by atoms with E-state index in [9.17, 15) is 10.2 Å². The summed E-state index contributed by atoms with van der Waals surface area (Å²) in [6.07, 6.45) is 4.69. The highest BCUT2D eigenvalue weighted by Crippen LogP contribution is 2.61. The molecule has 25 heavy (non-hydrogen) atoms. The maximum absolute atomic E-state index is 10.5. The Morgan fingerprint density at radius 1 is 1.32 bits per heavy atom. The summed E-state index contributed by atoms with van der Waals surface area (Å²) >= 11 is 0. The molecule has 1 aromatic carbocycles. The minimum atomic E-state index is -0.197. The third-order valence-electron chi connectivity index (χ3n) is 7.11. The lowest BCUT2D eigenvalue weighted by molar-refractivity contribution is -0.0177. The van der Waals surface area contributed by atoms with Crippen LogP contribution in [0.2, 0.25) is 0 Å². The van der Waals surface area contributed by atoms with Crippen molar-refractivity contribution in [1.82, 2.24) is 0 Å². The second-order valence-electron chi connectivity index (χ2n) is 8.13. The van der Waals surface area contributed by atoms with Gasteiger partial charge in [0.1, 0.15) is 0 Å². The van der Waals surface area contributed by atoms with Gasteiger partial charge in [0.25, 0.3) is 0 Å². The number of hydrogen-bond donors (Lipinski definition) is 3. The molecule has 5 atom stereocenters. The topological polar surface area (TPSA) is 88.1 Å². The van der Waals surface area contributed by atoms with E-state index in [-0.39, 0.29) is 17.3 Å². The quantitative estimate of drug-likeness (QED) is 0.568. The maximum Gasteiger partial charge on any atom is 0.161 e. The molecule has 4 rings (SSSR count). The first-order valence-corrected chi connectivity index (χ1v) is 9.44. The van der Waals surface area contributed by atoms with Gasteiger partial charge in [-0.25, -0.2) is 0 Å². The molecule has 3 aliphatic carbocycles. The van der Waals surface area contributed by atoms with Gasteiger partial charge in [-0.05, 0) is 79.9 Å². The van der Waals surface area contributed by atoms with Crippen LogP contribution in [0.5, 0.6) is 11.5 Å². The average molecular weight is 344 g/mol. The predicted molar refractivity (Wildman–Crippen MR) is 96.9 cm³/mol. The van der Waals surface area contributed by atoms with Gasteiger partial charge >= 0.3 is 0 Å². The summed E-state index contributed by atoms with van der Waals surface area (Å²) in [5, 5.41) is 24.9. The van der Waals surface area contributed by atoms with E-state index < -0.39 is 0 Å². The van der Waals surface area contributed by atoms with Gasteiger partial charge in [0.2, 0.25) is 0 Å². The van der Waals surface area contributed by atoms with Crippen molar-refractivity contribution in [3.63, 3.8) is 0 Å². The lowest BCUT2D eigenvalue weighted by Crippen LogP contribution is -2.45. The van der Waals surface area contributed by atoms with E-state index in [4.69, 9.17) is 10.6 Å². The van der Waals surface area contributed by atoms with Gasteiger partial charge in [-0.3, -0.25) is 0 Å². The second kappa shape index (κ2) is 5.90. The molecule has 0 saturated heterocycles. The number of hydrogen-bond acceptors (Lipinski definition) is 5. The van der Waals surface area contributed by atoms with Crippen LogP contribution >= 0.6 is 0 Å². The molecule has 0 radical (unpaired) electrons. The Morgan fingerprint density at radius 2 is 2.12 bits per heavy atom. The highest BCUT2D eigenvalue weighted by Gasteiger charge is 2.55. The van der Waals surface area contributed by atoms with Crippen molar-refractivity contribution in [3.05, 3.63) is 23.3 Å². The monoisotopic (exact) mass is 344 g/mol. The minimum Gasteiger partial charge on any atom is -0.504 e. The van der Waals surface area contributed by atoms with E-state index >= 15 is 0 Å². The van der Waals surface area contributed by atoms with Crippen molar-refractivity contribution < 1.29 is 14.9 Å². The standard InChI is InChI=1S/C20H28N2O3/c1-3-25-18-10-12-11-6-7-20(2)15(4-5-19(20)24)13(11)8-16(22-21)14(12)9-17(18)23/h9-11,13,15,19,23-24H,3-8,21H2,1-2H3/t11-,13-,15+,19+,20+/m1/s1. The van der Waals surface area contributed by atoms with Gasteiger partial charge < -0.3 is 20.8 Å². The molecular formula is C20H28N2O3. The lowest BCUT2D eigenvalue weighted by Gasteiger charge is -2.50. The lowest BCUT2D eigenvalue weighted by atomic mass is 9.55. The third kappa shape index (κ3) is 2.35. The van der Waals surface area contributed by atoms with Crippen molar-refractivity contribution in [2.75, 3.05) is 6.61 Å². The van der Waals surface area contributed by atoms with Crippen LogP contribution in [0.15, 0.2) is 17.2 Å². The van der Waals surface area contributed by atoms with Gasteiger partial charge in [-0.2, -0.15) is 5.10 Å². The van der Waals surface area contributed by atoms with Gasteiger partial charge in [-0.1, -0.05) is 6.92 Å². The van der Waals surface area contributed by atoms with Gasteiger partial charge in [0, 0.05) is 5.56 Å². The number of ether oxygens (including phenoxy) is 1. The minimum absolute atomic E-state index is 0.0120. The smallest absolute Gasteiger partial charge is 0.161 e. The summed E-state index contributed by atoms with van der Waals surface area (Å²) in [4.78, 5) is 0. The molecule has 2 fully saturated rings. The van der Waals surface area contributed by atoms with Crippen molar-refractivity contribution in [3.8, 4) is 11.5 Å². The summed E-state index contributed by atoms with van der Waals surface area (Å²) in [5.41, 5.74) is 3.04. The largest absolute Gasteiger partial charge is 0.504 e. The fourth-order valence-electron chi connectivity index (χ4n) is 5.80. The Bertz CT molecular complexity index is 717. The fraction of sp³-hybridized carbons (Fsp3) is 0.650. The Morgan fingerprint density at radius 3 is 2.84 bits per heavy atom. The second-order valence-corrected chi connectivity index (χ2v) is 8.13. The van der Waals surface area contributed by atoms with Crippen LogP contribution in [0.4, 0.5) is 0 Å². The number of rotatable bonds is 2. The molecule has 0 aliphatic heterocycles. The SMILES string of the molecule is CCOc1cc2c(cc1O)C(=NN)C[C@@H]1[C@@H]2CC[C@]2(C)[C@@H](O)CC[C@@H]12. The molecule has 0 heterocycles. The molecule has 0 aromatic heterocycles. The van der Waals surface area contributed by atoms with Crippen LogP contribution in [0.1, 0.15) is 63.0 Å². The number of nitrogens with two attached hydrogens (primary N) is 1. The first kappa shape index (κ1) is 16.7. The summed E-state index contributed by atoms with van der Waals surface area (Å²) in [6.45, 7) is 4.69. The highest BCUT2D eigenvalue weighted by molar-refractivity contribution is 6.03. The first-order valence-electron chi connectivity index (χ1n) is 9.44. The molecule has 0 bridgehead atoms. The van der Waals surface area contributed by atoms with Crippen LogP contribution < -0.4 is 10.6 Å². The Hall–Kier alpha value is -1.75. The van der Waals surface area contributed by atoms with Crippen LogP contribution in [0, 0.1) is 17.3 Å². The van der Waals surface area contributed by atoms with Crippen LogP contribution in [-0.4, -0.2) is 28.6 Å². The van der Waals surface area contributed by atoms with Crippen molar-refractivity contribution in [2.45, 2.75) is 58.0 Å². The molecule has 5 heteroatoms. The zero-order valence-corrected chi connectivity index (χ0v) is 15.0. The normalized spacial score (nSPS) is 38.1. The van der Waals surface area contributed by atoms with Crippen molar-refractivity contribution in [1.29, 1.82) is 0 Å².